The monoisotopic (exact) mass is 307 g/mol. The molecule has 6 heteroatoms. The molecule has 0 saturated heterocycles. The van der Waals surface area contributed by atoms with E-state index in [-0.39, 0.29) is 10.9 Å². The van der Waals surface area contributed by atoms with Crippen molar-refractivity contribution in [1.82, 2.24) is 14.5 Å². The quantitative estimate of drug-likeness (QED) is 0.923. The van der Waals surface area contributed by atoms with Crippen molar-refractivity contribution in [1.29, 1.82) is 0 Å². The second-order valence-corrected chi connectivity index (χ2v) is 6.72. The molecule has 1 N–H and O–H groups in total. The highest BCUT2D eigenvalue weighted by Crippen LogP contribution is 2.22. The van der Waals surface area contributed by atoms with E-state index in [0.717, 1.165) is 5.56 Å². The minimum atomic E-state index is -3.59. The number of aryl methyl sites for hydroxylation is 2. The maximum absolute atomic E-state index is 12.6. The van der Waals surface area contributed by atoms with Gasteiger partial charge in [0, 0.05) is 12.6 Å². The number of hydrogen-bond acceptors (Lipinski definition) is 3. The lowest BCUT2D eigenvalue weighted by molar-refractivity contribution is 0.565. The number of benzene rings is 1. The van der Waals surface area contributed by atoms with Crippen LogP contribution in [0.4, 0.5) is 0 Å². The third kappa shape index (κ3) is 3.16. The lowest BCUT2D eigenvalue weighted by Gasteiger charge is -2.15. The molecule has 0 saturated carbocycles. The number of sulfonamides is 1. The van der Waals surface area contributed by atoms with Crippen LogP contribution in [0, 0.1) is 13.8 Å². The number of nitrogens with zero attached hydrogens (tertiary/aromatic N) is 2. The fraction of sp³-hybridized carbons (Fsp3) is 0.400. The fourth-order valence-electron chi connectivity index (χ4n) is 2.48. The molecule has 1 unspecified atom stereocenters. The Balaban J connectivity index is 2.33. The molecule has 0 aliphatic heterocycles. The average Bonchev–Trinajstić information content (AvgIpc) is 2.74. The Morgan fingerprint density at radius 3 is 2.38 bits per heavy atom. The Morgan fingerprint density at radius 1 is 1.24 bits per heavy atom. The van der Waals surface area contributed by atoms with Crippen LogP contribution in [0.25, 0.3) is 0 Å². The van der Waals surface area contributed by atoms with E-state index >= 15 is 0 Å². The lowest BCUT2D eigenvalue weighted by atomic mass is 10.1. The van der Waals surface area contributed by atoms with Gasteiger partial charge in [0.2, 0.25) is 10.0 Å². The van der Waals surface area contributed by atoms with E-state index in [1.165, 1.54) is 0 Å². The Kier molecular flexibility index (Phi) is 4.49. The Labute approximate surface area is 126 Å². The maximum Gasteiger partial charge on any atom is 0.244 e. The zero-order chi connectivity index (χ0) is 15.6. The minimum Gasteiger partial charge on any atom is -0.268 e. The van der Waals surface area contributed by atoms with E-state index in [2.05, 4.69) is 9.82 Å². The van der Waals surface area contributed by atoms with Gasteiger partial charge in [-0.2, -0.15) is 5.10 Å². The zero-order valence-electron chi connectivity index (χ0n) is 12.8. The zero-order valence-corrected chi connectivity index (χ0v) is 13.6. The number of nitrogens with one attached hydrogen (secondary N) is 1. The van der Waals surface area contributed by atoms with Crippen LogP contribution >= 0.6 is 0 Å². The van der Waals surface area contributed by atoms with Crippen LogP contribution in [0.2, 0.25) is 0 Å². The Morgan fingerprint density at radius 2 is 1.86 bits per heavy atom. The van der Waals surface area contributed by atoms with Gasteiger partial charge >= 0.3 is 0 Å². The second-order valence-electron chi connectivity index (χ2n) is 5.07. The summed E-state index contributed by atoms with van der Waals surface area (Å²) in [5.41, 5.74) is 2.13. The summed E-state index contributed by atoms with van der Waals surface area (Å²) >= 11 is 0. The van der Waals surface area contributed by atoms with Crippen LogP contribution in [-0.4, -0.2) is 18.2 Å². The van der Waals surface area contributed by atoms with Gasteiger partial charge < -0.3 is 0 Å². The van der Waals surface area contributed by atoms with Crippen molar-refractivity contribution in [3.63, 3.8) is 0 Å². The first kappa shape index (κ1) is 15.7. The highest BCUT2D eigenvalue weighted by atomic mass is 32.2. The van der Waals surface area contributed by atoms with E-state index in [9.17, 15) is 8.42 Å². The number of hydrogen-bond donors (Lipinski definition) is 1. The molecule has 0 radical (unpaired) electrons. The molecule has 5 nitrogen and oxygen atoms in total. The van der Waals surface area contributed by atoms with E-state index < -0.39 is 10.0 Å². The van der Waals surface area contributed by atoms with Crippen molar-refractivity contribution in [3.8, 4) is 0 Å². The van der Waals surface area contributed by atoms with Gasteiger partial charge in [0.05, 0.1) is 11.4 Å². The summed E-state index contributed by atoms with van der Waals surface area (Å²) in [7, 11) is -3.59. The first-order chi connectivity index (χ1) is 9.86. The SMILES string of the molecule is CCn1nc(C)c(S(=O)(=O)NC(C)c2ccccc2)c1C. The topological polar surface area (TPSA) is 64.0 Å². The standard InChI is InChI=1S/C15H21N3O2S/c1-5-18-13(4)15(12(3)16-18)21(19,20)17-11(2)14-9-7-6-8-10-14/h6-11,17H,5H2,1-4H3. The summed E-state index contributed by atoms with van der Waals surface area (Å²) in [6, 6.07) is 9.21. The van der Waals surface area contributed by atoms with Crippen LogP contribution in [-0.2, 0) is 16.6 Å². The number of aromatic nitrogens is 2. The first-order valence-electron chi connectivity index (χ1n) is 6.98. The average molecular weight is 307 g/mol. The molecule has 0 aliphatic carbocycles. The van der Waals surface area contributed by atoms with Gasteiger partial charge in [-0.1, -0.05) is 30.3 Å². The van der Waals surface area contributed by atoms with Crippen molar-refractivity contribution in [3.05, 3.63) is 47.3 Å². The van der Waals surface area contributed by atoms with Gasteiger partial charge in [-0.05, 0) is 33.3 Å². The molecule has 114 valence electrons. The van der Waals surface area contributed by atoms with Gasteiger partial charge in [0.15, 0.2) is 0 Å². The van der Waals surface area contributed by atoms with Crippen LogP contribution in [0.1, 0.15) is 36.8 Å². The lowest BCUT2D eigenvalue weighted by Crippen LogP contribution is -2.27. The van der Waals surface area contributed by atoms with Gasteiger partial charge in [-0.3, -0.25) is 4.68 Å². The minimum absolute atomic E-state index is 0.284. The van der Waals surface area contributed by atoms with Crippen LogP contribution in [0.5, 0.6) is 0 Å². The van der Waals surface area contributed by atoms with Gasteiger partial charge in [-0.15, -0.1) is 0 Å². The summed E-state index contributed by atoms with van der Waals surface area (Å²) in [6.07, 6.45) is 0. The van der Waals surface area contributed by atoms with Crippen LogP contribution in [0.15, 0.2) is 35.2 Å². The van der Waals surface area contributed by atoms with Crippen molar-refractivity contribution in [2.75, 3.05) is 0 Å². The van der Waals surface area contributed by atoms with Crippen molar-refractivity contribution in [2.24, 2.45) is 0 Å². The van der Waals surface area contributed by atoms with Gasteiger partial charge in [0.1, 0.15) is 4.90 Å². The van der Waals surface area contributed by atoms with Crippen molar-refractivity contribution >= 4 is 10.0 Å². The normalized spacial score (nSPS) is 13.3. The molecule has 0 aliphatic rings. The molecular formula is C15H21N3O2S. The van der Waals surface area contributed by atoms with E-state index in [1.807, 2.05) is 44.2 Å². The summed E-state index contributed by atoms with van der Waals surface area (Å²) in [5.74, 6) is 0. The van der Waals surface area contributed by atoms with E-state index in [0.29, 0.717) is 17.9 Å². The molecule has 0 spiro atoms. The molecule has 1 heterocycles. The fourth-order valence-corrected chi connectivity index (χ4v) is 4.12. The molecule has 1 aromatic carbocycles. The third-order valence-corrected chi connectivity index (χ3v) is 5.31. The van der Waals surface area contributed by atoms with Crippen molar-refractivity contribution < 1.29 is 8.42 Å². The molecule has 2 aromatic rings. The maximum atomic E-state index is 12.6. The molecule has 0 amide bonds. The predicted octanol–water partition coefficient (Wildman–Crippen LogP) is 2.56. The van der Waals surface area contributed by atoms with E-state index in [1.54, 1.807) is 18.5 Å². The molecule has 1 atom stereocenters. The molecule has 2 rings (SSSR count). The summed E-state index contributed by atoms with van der Waals surface area (Å²) in [4.78, 5) is 0.284. The van der Waals surface area contributed by atoms with Gasteiger partial charge in [0.25, 0.3) is 0 Å². The Bertz CT molecular complexity index is 721. The molecular weight excluding hydrogens is 286 g/mol. The molecule has 1 aromatic heterocycles. The molecule has 0 bridgehead atoms. The summed E-state index contributed by atoms with van der Waals surface area (Å²) in [6.45, 7) is 7.93. The second kappa shape index (κ2) is 5.99. The highest BCUT2D eigenvalue weighted by Gasteiger charge is 2.26. The highest BCUT2D eigenvalue weighted by molar-refractivity contribution is 7.89. The van der Waals surface area contributed by atoms with Gasteiger partial charge in [-0.25, -0.2) is 13.1 Å². The Hall–Kier alpha value is -1.66. The predicted molar refractivity (Wildman–Crippen MR) is 82.6 cm³/mol. The van der Waals surface area contributed by atoms with Crippen molar-refractivity contribution in [2.45, 2.75) is 45.2 Å². The molecule has 21 heavy (non-hydrogen) atoms. The first-order valence-corrected chi connectivity index (χ1v) is 8.46. The summed E-state index contributed by atoms with van der Waals surface area (Å²) < 4.78 is 29.7. The third-order valence-electron chi connectivity index (χ3n) is 3.51. The molecule has 0 fully saturated rings. The van der Waals surface area contributed by atoms with Crippen LogP contribution < -0.4 is 4.72 Å². The number of rotatable bonds is 5. The summed E-state index contributed by atoms with van der Waals surface area (Å²) in [5, 5.41) is 4.27. The smallest absolute Gasteiger partial charge is 0.244 e. The van der Waals surface area contributed by atoms with Crippen LogP contribution in [0.3, 0.4) is 0 Å². The largest absolute Gasteiger partial charge is 0.268 e. The van der Waals surface area contributed by atoms with E-state index in [4.69, 9.17) is 0 Å².